The summed E-state index contributed by atoms with van der Waals surface area (Å²) in [7, 11) is 0. The van der Waals surface area contributed by atoms with Crippen LogP contribution in [-0.4, -0.2) is 23.7 Å². The molecule has 0 bridgehead atoms. The molecule has 16 heavy (non-hydrogen) atoms. The van der Waals surface area contributed by atoms with E-state index in [1.165, 1.54) is 0 Å². The standard InChI is InChI=1S/C12H18O4/c1-4-11(13)16-8-7-9(2)5-6-10(3)12(14)15/h4,9H,1,3,5-8H2,2H3,(H,14,15). The lowest BCUT2D eigenvalue weighted by Crippen LogP contribution is -2.07. The van der Waals surface area contributed by atoms with Crippen molar-refractivity contribution >= 4 is 11.9 Å². The van der Waals surface area contributed by atoms with Gasteiger partial charge in [-0.3, -0.25) is 0 Å². The van der Waals surface area contributed by atoms with E-state index in [-0.39, 0.29) is 5.57 Å². The number of rotatable bonds is 8. The van der Waals surface area contributed by atoms with Gasteiger partial charge >= 0.3 is 11.9 Å². The number of hydrogen-bond acceptors (Lipinski definition) is 3. The highest BCUT2D eigenvalue weighted by Crippen LogP contribution is 2.14. The predicted molar refractivity (Wildman–Crippen MR) is 60.9 cm³/mol. The Labute approximate surface area is 95.6 Å². The third-order valence-electron chi connectivity index (χ3n) is 2.26. The summed E-state index contributed by atoms with van der Waals surface area (Å²) >= 11 is 0. The Morgan fingerprint density at radius 1 is 1.44 bits per heavy atom. The van der Waals surface area contributed by atoms with Gasteiger partial charge in [-0.25, -0.2) is 9.59 Å². The minimum Gasteiger partial charge on any atom is -0.478 e. The molecule has 4 heteroatoms. The highest BCUT2D eigenvalue weighted by Gasteiger charge is 2.08. The number of carboxylic acid groups (broad SMARTS) is 1. The minimum atomic E-state index is -0.953. The van der Waals surface area contributed by atoms with Crippen molar-refractivity contribution in [1.29, 1.82) is 0 Å². The lowest BCUT2D eigenvalue weighted by molar-refractivity contribution is -0.138. The maximum absolute atomic E-state index is 10.7. The zero-order valence-corrected chi connectivity index (χ0v) is 9.57. The summed E-state index contributed by atoms with van der Waals surface area (Å²) in [5, 5.41) is 8.60. The van der Waals surface area contributed by atoms with Gasteiger partial charge in [0.15, 0.2) is 0 Å². The zero-order valence-electron chi connectivity index (χ0n) is 9.57. The molecule has 0 aliphatic rings. The van der Waals surface area contributed by atoms with E-state index in [1.807, 2.05) is 6.92 Å². The largest absolute Gasteiger partial charge is 0.478 e. The van der Waals surface area contributed by atoms with E-state index in [0.29, 0.717) is 25.4 Å². The number of hydrogen-bond donors (Lipinski definition) is 1. The van der Waals surface area contributed by atoms with Crippen molar-refractivity contribution in [2.24, 2.45) is 5.92 Å². The van der Waals surface area contributed by atoms with Crippen molar-refractivity contribution in [1.82, 2.24) is 0 Å². The first-order chi connectivity index (χ1) is 7.47. The van der Waals surface area contributed by atoms with E-state index in [0.717, 1.165) is 12.5 Å². The molecule has 1 unspecified atom stereocenters. The zero-order chi connectivity index (χ0) is 12.6. The summed E-state index contributed by atoms with van der Waals surface area (Å²) in [5.41, 5.74) is 0.218. The van der Waals surface area contributed by atoms with Crippen LogP contribution in [0.4, 0.5) is 0 Å². The molecule has 0 saturated heterocycles. The smallest absolute Gasteiger partial charge is 0.330 e. The van der Waals surface area contributed by atoms with Gasteiger partial charge in [-0.2, -0.15) is 0 Å². The Bertz CT molecular complexity index is 281. The molecule has 0 aliphatic heterocycles. The van der Waals surface area contributed by atoms with E-state index in [2.05, 4.69) is 13.2 Å². The fraction of sp³-hybridized carbons (Fsp3) is 0.500. The normalized spacial score (nSPS) is 11.6. The van der Waals surface area contributed by atoms with Crippen LogP contribution in [0.3, 0.4) is 0 Å². The molecule has 0 saturated carbocycles. The minimum absolute atomic E-state index is 0.218. The highest BCUT2D eigenvalue weighted by molar-refractivity contribution is 5.85. The third kappa shape index (κ3) is 6.81. The number of aliphatic carboxylic acids is 1. The molecule has 0 aromatic rings. The quantitative estimate of drug-likeness (QED) is 0.509. The van der Waals surface area contributed by atoms with Crippen LogP contribution >= 0.6 is 0 Å². The average Bonchev–Trinajstić information content (AvgIpc) is 2.25. The van der Waals surface area contributed by atoms with Crippen molar-refractivity contribution in [3.63, 3.8) is 0 Å². The van der Waals surface area contributed by atoms with Crippen LogP contribution in [-0.2, 0) is 14.3 Å². The lowest BCUT2D eigenvalue weighted by Gasteiger charge is -2.10. The average molecular weight is 226 g/mol. The van der Waals surface area contributed by atoms with Crippen molar-refractivity contribution in [3.05, 3.63) is 24.8 Å². The number of ether oxygens (including phenoxy) is 1. The predicted octanol–water partition coefficient (Wildman–Crippen LogP) is 2.16. The van der Waals surface area contributed by atoms with Crippen LogP contribution in [0.15, 0.2) is 24.8 Å². The molecule has 4 nitrogen and oxygen atoms in total. The molecule has 0 aromatic heterocycles. The van der Waals surface area contributed by atoms with Gasteiger partial charge in [0.2, 0.25) is 0 Å². The second-order valence-corrected chi connectivity index (χ2v) is 3.71. The second-order valence-electron chi connectivity index (χ2n) is 3.71. The number of carbonyl (C=O) groups excluding carboxylic acids is 1. The van der Waals surface area contributed by atoms with Crippen molar-refractivity contribution in [2.45, 2.75) is 26.2 Å². The van der Waals surface area contributed by atoms with Crippen LogP contribution in [0.25, 0.3) is 0 Å². The summed E-state index contributed by atoms with van der Waals surface area (Å²) in [6.45, 7) is 9.06. The summed E-state index contributed by atoms with van der Waals surface area (Å²) in [5.74, 6) is -1.08. The first-order valence-electron chi connectivity index (χ1n) is 5.17. The van der Waals surface area contributed by atoms with E-state index in [4.69, 9.17) is 9.84 Å². The summed E-state index contributed by atoms with van der Waals surface area (Å²) in [4.78, 5) is 21.2. The molecular weight excluding hydrogens is 208 g/mol. The molecule has 0 heterocycles. The van der Waals surface area contributed by atoms with Gasteiger partial charge in [-0.05, 0) is 25.2 Å². The van der Waals surface area contributed by atoms with E-state index in [1.54, 1.807) is 0 Å². The Hall–Kier alpha value is -1.58. The molecule has 1 atom stereocenters. The molecule has 90 valence electrons. The molecule has 0 spiro atoms. The maximum atomic E-state index is 10.7. The third-order valence-corrected chi connectivity index (χ3v) is 2.26. The molecule has 0 amide bonds. The summed E-state index contributed by atoms with van der Waals surface area (Å²) < 4.78 is 4.82. The van der Waals surface area contributed by atoms with E-state index < -0.39 is 11.9 Å². The van der Waals surface area contributed by atoms with Gasteiger partial charge in [0.25, 0.3) is 0 Å². The molecular formula is C12H18O4. The topological polar surface area (TPSA) is 63.6 Å². The Morgan fingerprint density at radius 2 is 2.06 bits per heavy atom. The van der Waals surface area contributed by atoms with Crippen LogP contribution in [0, 0.1) is 5.92 Å². The fourth-order valence-corrected chi connectivity index (χ4v) is 1.09. The number of carboxylic acids is 1. The Morgan fingerprint density at radius 3 is 2.56 bits per heavy atom. The molecule has 0 fully saturated rings. The van der Waals surface area contributed by atoms with E-state index >= 15 is 0 Å². The van der Waals surface area contributed by atoms with Gasteiger partial charge in [0, 0.05) is 11.6 Å². The first-order valence-corrected chi connectivity index (χ1v) is 5.17. The van der Waals surface area contributed by atoms with Crippen molar-refractivity contribution in [3.8, 4) is 0 Å². The van der Waals surface area contributed by atoms with Gasteiger partial charge in [-0.1, -0.05) is 20.1 Å². The molecule has 0 radical (unpaired) electrons. The highest BCUT2D eigenvalue weighted by atomic mass is 16.5. The van der Waals surface area contributed by atoms with E-state index in [9.17, 15) is 9.59 Å². The molecule has 0 aromatic carbocycles. The Balaban J connectivity index is 3.63. The fourth-order valence-electron chi connectivity index (χ4n) is 1.09. The van der Waals surface area contributed by atoms with Crippen molar-refractivity contribution in [2.75, 3.05) is 6.61 Å². The molecule has 1 N–H and O–H groups in total. The van der Waals surface area contributed by atoms with Gasteiger partial charge in [-0.15, -0.1) is 0 Å². The molecule has 0 aliphatic carbocycles. The maximum Gasteiger partial charge on any atom is 0.330 e. The number of esters is 1. The second kappa shape index (κ2) is 7.68. The summed E-state index contributed by atoms with van der Waals surface area (Å²) in [6.07, 6.45) is 3.03. The Kier molecular flexibility index (Phi) is 6.92. The van der Waals surface area contributed by atoms with Gasteiger partial charge in [0.1, 0.15) is 0 Å². The molecule has 0 rings (SSSR count). The van der Waals surface area contributed by atoms with Crippen LogP contribution in [0.5, 0.6) is 0 Å². The van der Waals surface area contributed by atoms with Gasteiger partial charge < -0.3 is 9.84 Å². The summed E-state index contributed by atoms with van der Waals surface area (Å²) in [6, 6.07) is 0. The van der Waals surface area contributed by atoms with Crippen LogP contribution in [0.2, 0.25) is 0 Å². The number of carbonyl (C=O) groups is 2. The monoisotopic (exact) mass is 226 g/mol. The lowest BCUT2D eigenvalue weighted by atomic mass is 9.99. The van der Waals surface area contributed by atoms with Crippen LogP contribution < -0.4 is 0 Å². The van der Waals surface area contributed by atoms with Gasteiger partial charge in [0.05, 0.1) is 6.61 Å². The SMILES string of the molecule is C=CC(=O)OCCC(C)CCC(=C)C(=O)O. The van der Waals surface area contributed by atoms with Crippen molar-refractivity contribution < 1.29 is 19.4 Å². The van der Waals surface area contributed by atoms with Crippen LogP contribution in [0.1, 0.15) is 26.2 Å². The first kappa shape index (κ1) is 14.4.